The SMILES string of the molecule is CC(C)CCCOC(=O)C1CCCCC1. The summed E-state index contributed by atoms with van der Waals surface area (Å²) in [5.41, 5.74) is 0. The molecule has 1 fully saturated rings. The zero-order valence-corrected chi connectivity index (χ0v) is 10.1. The van der Waals surface area contributed by atoms with Gasteiger partial charge < -0.3 is 4.74 Å². The Labute approximate surface area is 93.4 Å². The average molecular weight is 212 g/mol. The monoisotopic (exact) mass is 212 g/mol. The van der Waals surface area contributed by atoms with Crippen LogP contribution in [0.4, 0.5) is 0 Å². The molecular weight excluding hydrogens is 188 g/mol. The summed E-state index contributed by atoms with van der Waals surface area (Å²) in [7, 11) is 0. The smallest absolute Gasteiger partial charge is 0.308 e. The number of esters is 1. The second-order valence-electron chi connectivity index (χ2n) is 5.04. The van der Waals surface area contributed by atoms with Crippen molar-refractivity contribution in [3.63, 3.8) is 0 Å². The van der Waals surface area contributed by atoms with E-state index in [1.54, 1.807) is 0 Å². The molecule has 0 aliphatic heterocycles. The second-order valence-corrected chi connectivity index (χ2v) is 5.04. The average Bonchev–Trinajstić information content (AvgIpc) is 2.25. The molecule has 0 aromatic heterocycles. The topological polar surface area (TPSA) is 26.3 Å². The van der Waals surface area contributed by atoms with Crippen LogP contribution in [0.3, 0.4) is 0 Å². The van der Waals surface area contributed by atoms with Crippen LogP contribution < -0.4 is 0 Å². The summed E-state index contributed by atoms with van der Waals surface area (Å²) in [6.07, 6.45) is 7.94. The molecule has 0 aromatic carbocycles. The highest BCUT2D eigenvalue weighted by Crippen LogP contribution is 2.24. The van der Waals surface area contributed by atoms with Gasteiger partial charge in [-0.15, -0.1) is 0 Å². The molecule has 1 saturated carbocycles. The van der Waals surface area contributed by atoms with E-state index >= 15 is 0 Å². The fourth-order valence-electron chi connectivity index (χ4n) is 2.12. The molecule has 1 aliphatic carbocycles. The van der Waals surface area contributed by atoms with Crippen molar-refractivity contribution in [2.24, 2.45) is 11.8 Å². The summed E-state index contributed by atoms with van der Waals surface area (Å²) in [6, 6.07) is 0. The third-order valence-corrected chi connectivity index (χ3v) is 3.11. The van der Waals surface area contributed by atoms with Crippen molar-refractivity contribution in [1.82, 2.24) is 0 Å². The van der Waals surface area contributed by atoms with Crippen LogP contribution in [0.2, 0.25) is 0 Å². The minimum absolute atomic E-state index is 0.0541. The quantitative estimate of drug-likeness (QED) is 0.514. The van der Waals surface area contributed by atoms with Crippen LogP contribution in [0.5, 0.6) is 0 Å². The van der Waals surface area contributed by atoms with Gasteiger partial charge in [0.2, 0.25) is 0 Å². The van der Waals surface area contributed by atoms with Gasteiger partial charge in [0.1, 0.15) is 0 Å². The van der Waals surface area contributed by atoms with Crippen molar-refractivity contribution < 1.29 is 9.53 Å². The van der Waals surface area contributed by atoms with Crippen LogP contribution in [-0.2, 0) is 9.53 Å². The lowest BCUT2D eigenvalue weighted by Gasteiger charge is -2.19. The second kappa shape index (κ2) is 6.86. The maximum atomic E-state index is 11.6. The molecule has 0 atom stereocenters. The standard InChI is InChI=1S/C13H24O2/c1-11(2)7-6-10-15-13(14)12-8-4-3-5-9-12/h11-12H,3-10H2,1-2H3. The molecule has 0 heterocycles. The molecule has 1 rings (SSSR count). The minimum Gasteiger partial charge on any atom is -0.465 e. The molecule has 15 heavy (non-hydrogen) atoms. The molecule has 0 saturated heterocycles. The summed E-state index contributed by atoms with van der Waals surface area (Å²) >= 11 is 0. The summed E-state index contributed by atoms with van der Waals surface area (Å²) < 4.78 is 5.29. The van der Waals surface area contributed by atoms with Gasteiger partial charge in [0.05, 0.1) is 12.5 Å². The lowest BCUT2D eigenvalue weighted by molar-refractivity contribution is -0.149. The number of rotatable bonds is 5. The fourth-order valence-corrected chi connectivity index (χ4v) is 2.12. The van der Waals surface area contributed by atoms with Crippen LogP contribution in [0.25, 0.3) is 0 Å². The Morgan fingerprint density at radius 2 is 1.93 bits per heavy atom. The van der Waals surface area contributed by atoms with E-state index in [1.807, 2.05) is 0 Å². The molecule has 0 aromatic rings. The first-order valence-corrected chi connectivity index (χ1v) is 6.37. The largest absolute Gasteiger partial charge is 0.465 e. The van der Waals surface area contributed by atoms with E-state index in [0.29, 0.717) is 12.5 Å². The predicted molar refractivity (Wildman–Crippen MR) is 61.6 cm³/mol. The summed E-state index contributed by atoms with van der Waals surface area (Å²) in [4.78, 5) is 11.6. The molecule has 0 spiro atoms. The highest BCUT2D eigenvalue weighted by molar-refractivity contribution is 5.72. The first-order chi connectivity index (χ1) is 7.20. The van der Waals surface area contributed by atoms with E-state index in [2.05, 4.69) is 13.8 Å². The van der Waals surface area contributed by atoms with Gasteiger partial charge in [-0.2, -0.15) is 0 Å². The summed E-state index contributed by atoms with van der Waals surface area (Å²) in [6.45, 7) is 5.01. The Hall–Kier alpha value is -0.530. The number of hydrogen-bond donors (Lipinski definition) is 0. The molecule has 0 bridgehead atoms. The van der Waals surface area contributed by atoms with Gasteiger partial charge >= 0.3 is 5.97 Å². The molecule has 88 valence electrons. The highest BCUT2D eigenvalue weighted by atomic mass is 16.5. The van der Waals surface area contributed by atoms with E-state index in [9.17, 15) is 4.79 Å². The van der Waals surface area contributed by atoms with Crippen molar-refractivity contribution >= 4 is 5.97 Å². The molecule has 0 radical (unpaired) electrons. The first-order valence-electron chi connectivity index (χ1n) is 6.37. The van der Waals surface area contributed by atoms with Gasteiger partial charge in [-0.3, -0.25) is 4.79 Å². The summed E-state index contributed by atoms with van der Waals surface area (Å²) in [5, 5.41) is 0. The number of carbonyl (C=O) groups excluding carboxylic acids is 1. The van der Waals surface area contributed by atoms with E-state index in [-0.39, 0.29) is 11.9 Å². The van der Waals surface area contributed by atoms with Crippen LogP contribution in [-0.4, -0.2) is 12.6 Å². The Balaban J connectivity index is 2.07. The Bertz CT molecular complexity index is 181. The van der Waals surface area contributed by atoms with Gasteiger partial charge in [-0.05, 0) is 31.6 Å². The third kappa shape index (κ3) is 5.19. The van der Waals surface area contributed by atoms with E-state index in [0.717, 1.165) is 25.7 Å². The van der Waals surface area contributed by atoms with Crippen LogP contribution >= 0.6 is 0 Å². The van der Waals surface area contributed by atoms with Gasteiger partial charge in [-0.1, -0.05) is 33.1 Å². The van der Waals surface area contributed by atoms with E-state index in [1.165, 1.54) is 19.3 Å². The molecular formula is C13H24O2. The predicted octanol–water partition coefficient (Wildman–Crippen LogP) is 3.55. The van der Waals surface area contributed by atoms with Crippen LogP contribution in [0, 0.1) is 11.8 Å². The molecule has 1 aliphatic rings. The molecule has 2 heteroatoms. The number of carbonyl (C=O) groups is 1. The van der Waals surface area contributed by atoms with Crippen LogP contribution in [0.1, 0.15) is 58.8 Å². The summed E-state index contributed by atoms with van der Waals surface area (Å²) in [5.74, 6) is 0.967. The normalized spacial score (nSPS) is 18.1. The van der Waals surface area contributed by atoms with Gasteiger partial charge in [-0.25, -0.2) is 0 Å². The van der Waals surface area contributed by atoms with Crippen molar-refractivity contribution in [2.75, 3.05) is 6.61 Å². The lowest BCUT2D eigenvalue weighted by atomic mass is 9.89. The molecule has 0 N–H and O–H groups in total. The maximum absolute atomic E-state index is 11.6. The lowest BCUT2D eigenvalue weighted by Crippen LogP contribution is -2.20. The molecule has 2 nitrogen and oxygen atoms in total. The molecule has 0 unspecified atom stereocenters. The van der Waals surface area contributed by atoms with Crippen molar-refractivity contribution in [2.45, 2.75) is 58.8 Å². The maximum Gasteiger partial charge on any atom is 0.308 e. The van der Waals surface area contributed by atoms with E-state index < -0.39 is 0 Å². The zero-order chi connectivity index (χ0) is 11.1. The number of ether oxygens (including phenoxy) is 1. The zero-order valence-electron chi connectivity index (χ0n) is 10.1. The van der Waals surface area contributed by atoms with Gasteiger partial charge in [0, 0.05) is 0 Å². The first kappa shape index (κ1) is 12.5. The van der Waals surface area contributed by atoms with Crippen molar-refractivity contribution in [3.8, 4) is 0 Å². The fraction of sp³-hybridized carbons (Fsp3) is 0.923. The Morgan fingerprint density at radius 1 is 1.27 bits per heavy atom. The highest BCUT2D eigenvalue weighted by Gasteiger charge is 2.21. The van der Waals surface area contributed by atoms with E-state index in [4.69, 9.17) is 4.74 Å². The Morgan fingerprint density at radius 3 is 2.53 bits per heavy atom. The van der Waals surface area contributed by atoms with Gasteiger partial charge in [0.15, 0.2) is 0 Å². The Kier molecular flexibility index (Phi) is 5.74. The van der Waals surface area contributed by atoms with Crippen molar-refractivity contribution in [3.05, 3.63) is 0 Å². The number of hydrogen-bond acceptors (Lipinski definition) is 2. The van der Waals surface area contributed by atoms with Crippen molar-refractivity contribution in [1.29, 1.82) is 0 Å². The minimum atomic E-state index is 0.0541. The van der Waals surface area contributed by atoms with Gasteiger partial charge in [0.25, 0.3) is 0 Å². The van der Waals surface area contributed by atoms with Crippen LogP contribution in [0.15, 0.2) is 0 Å². The third-order valence-electron chi connectivity index (χ3n) is 3.11. The molecule has 0 amide bonds.